The maximum absolute atomic E-state index is 12.5. The summed E-state index contributed by atoms with van der Waals surface area (Å²) < 4.78 is 11.0. The molecule has 1 amide bonds. The van der Waals surface area contributed by atoms with Crippen LogP contribution in [0.1, 0.15) is 12.1 Å². The number of anilines is 1. The molecule has 0 radical (unpaired) electrons. The highest BCUT2D eigenvalue weighted by atomic mass is 16.6. The van der Waals surface area contributed by atoms with Crippen LogP contribution in [0.5, 0.6) is 11.5 Å². The molecule has 2 aliphatic rings. The average Bonchev–Trinajstić information content (AvgIpc) is 2.80. The Morgan fingerprint density at radius 3 is 2.50 bits per heavy atom. The summed E-state index contributed by atoms with van der Waals surface area (Å²) in [7, 11) is 0. The number of carbonyl (C=O) groups excluding carboxylic acids is 1. The van der Waals surface area contributed by atoms with Crippen LogP contribution in [0, 0.1) is 5.92 Å². The van der Waals surface area contributed by atoms with Crippen LogP contribution in [-0.2, 0) is 16.1 Å². The predicted octanol–water partition coefficient (Wildman–Crippen LogP) is 1.70. The van der Waals surface area contributed by atoms with Gasteiger partial charge >= 0.3 is 5.97 Å². The number of amides is 1. The summed E-state index contributed by atoms with van der Waals surface area (Å²) in [5.74, 6) is -0.845. The van der Waals surface area contributed by atoms with E-state index in [4.69, 9.17) is 9.47 Å². The van der Waals surface area contributed by atoms with Crippen molar-refractivity contribution in [1.82, 2.24) is 14.8 Å². The van der Waals surface area contributed by atoms with E-state index in [1.54, 1.807) is 24.4 Å². The fraction of sp³-hybridized carbons (Fsp3) is 0.435. The lowest BCUT2D eigenvalue weighted by Gasteiger charge is -2.35. The molecule has 2 aliphatic heterocycles. The SMILES string of the molecule is O=C(CC(CN1CCN(Cc2ccccn2)CC1)C(=O)O)Nc1ccc2c(c1)OCCO2. The van der Waals surface area contributed by atoms with E-state index in [0.29, 0.717) is 36.9 Å². The number of hydrogen-bond acceptors (Lipinski definition) is 7. The molecule has 170 valence electrons. The number of benzene rings is 1. The molecule has 0 aliphatic carbocycles. The highest BCUT2D eigenvalue weighted by Crippen LogP contribution is 2.32. The summed E-state index contributed by atoms with van der Waals surface area (Å²) in [6.07, 6.45) is 1.71. The number of carbonyl (C=O) groups is 2. The minimum atomic E-state index is -0.960. The van der Waals surface area contributed by atoms with Gasteiger partial charge in [0.15, 0.2) is 11.5 Å². The number of aliphatic carboxylic acids is 1. The smallest absolute Gasteiger partial charge is 0.308 e. The van der Waals surface area contributed by atoms with Crippen LogP contribution >= 0.6 is 0 Å². The van der Waals surface area contributed by atoms with Crippen LogP contribution in [0.25, 0.3) is 0 Å². The van der Waals surface area contributed by atoms with Crippen molar-refractivity contribution in [3.63, 3.8) is 0 Å². The fourth-order valence-electron chi connectivity index (χ4n) is 3.95. The van der Waals surface area contributed by atoms with Crippen molar-refractivity contribution in [3.8, 4) is 11.5 Å². The molecule has 9 heteroatoms. The van der Waals surface area contributed by atoms with Crippen molar-refractivity contribution in [2.45, 2.75) is 13.0 Å². The van der Waals surface area contributed by atoms with E-state index in [2.05, 4.69) is 20.1 Å². The average molecular weight is 441 g/mol. The summed E-state index contributed by atoms with van der Waals surface area (Å²) in [6, 6.07) is 11.0. The number of nitrogens with one attached hydrogen (secondary N) is 1. The normalized spacial score (nSPS) is 17.5. The van der Waals surface area contributed by atoms with Gasteiger partial charge in [0, 0.05) is 63.6 Å². The number of aromatic nitrogens is 1. The van der Waals surface area contributed by atoms with Gasteiger partial charge in [0.05, 0.1) is 11.6 Å². The highest BCUT2D eigenvalue weighted by molar-refractivity contribution is 5.93. The Labute approximate surface area is 186 Å². The van der Waals surface area contributed by atoms with E-state index < -0.39 is 11.9 Å². The van der Waals surface area contributed by atoms with Crippen LogP contribution in [0.15, 0.2) is 42.6 Å². The summed E-state index contributed by atoms with van der Waals surface area (Å²) in [6.45, 7) is 5.30. The van der Waals surface area contributed by atoms with Gasteiger partial charge in [-0.2, -0.15) is 0 Å². The molecule has 0 spiro atoms. The van der Waals surface area contributed by atoms with Gasteiger partial charge in [-0.05, 0) is 24.3 Å². The second kappa shape index (κ2) is 10.4. The standard InChI is InChI=1S/C23H28N4O5/c28-22(25-18-4-5-20-21(14-18)32-12-11-31-20)13-17(23(29)30)15-26-7-9-27(10-8-26)16-19-3-1-2-6-24-19/h1-6,14,17H,7-13,15-16H2,(H,25,28)(H,29,30). The Bertz CT molecular complexity index is 931. The largest absolute Gasteiger partial charge is 0.486 e. The third kappa shape index (κ3) is 5.95. The predicted molar refractivity (Wildman–Crippen MR) is 118 cm³/mol. The zero-order valence-corrected chi connectivity index (χ0v) is 17.9. The van der Waals surface area contributed by atoms with Gasteiger partial charge in [-0.25, -0.2) is 0 Å². The molecule has 2 aromatic rings. The van der Waals surface area contributed by atoms with Crippen molar-refractivity contribution < 1.29 is 24.2 Å². The Morgan fingerprint density at radius 2 is 1.78 bits per heavy atom. The zero-order chi connectivity index (χ0) is 22.3. The van der Waals surface area contributed by atoms with Gasteiger partial charge < -0.3 is 19.9 Å². The quantitative estimate of drug-likeness (QED) is 0.639. The molecule has 2 N–H and O–H groups in total. The Morgan fingerprint density at radius 1 is 1.03 bits per heavy atom. The number of fused-ring (bicyclic) bond motifs is 1. The molecule has 0 saturated carbocycles. The van der Waals surface area contributed by atoms with Crippen LogP contribution < -0.4 is 14.8 Å². The zero-order valence-electron chi connectivity index (χ0n) is 17.9. The number of carboxylic acids is 1. The number of rotatable bonds is 8. The highest BCUT2D eigenvalue weighted by Gasteiger charge is 2.27. The minimum Gasteiger partial charge on any atom is -0.486 e. The summed E-state index contributed by atoms with van der Waals surface area (Å²) >= 11 is 0. The van der Waals surface area contributed by atoms with E-state index >= 15 is 0 Å². The van der Waals surface area contributed by atoms with Crippen molar-refractivity contribution in [2.75, 3.05) is 51.3 Å². The van der Waals surface area contributed by atoms with Crippen LogP contribution in [-0.4, -0.2) is 77.7 Å². The lowest BCUT2D eigenvalue weighted by atomic mass is 10.0. The molecule has 1 saturated heterocycles. The van der Waals surface area contributed by atoms with Gasteiger partial charge in [-0.1, -0.05) is 6.07 Å². The van der Waals surface area contributed by atoms with Crippen molar-refractivity contribution in [1.29, 1.82) is 0 Å². The van der Waals surface area contributed by atoms with Crippen LogP contribution in [0.2, 0.25) is 0 Å². The van der Waals surface area contributed by atoms with E-state index in [1.165, 1.54) is 0 Å². The van der Waals surface area contributed by atoms with E-state index in [0.717, 1.165) is 38.4 Å². The summed E-state index contributed by atoms with van der Waals surface area (Å²) in [5.41, 5.74) is 1.59. The maximum atomic E-state index is 12.5. The van der Waals surface area contributed by atoms with Gasteiger partial charge in [-0.3, -0.25) is 24.4 Å². The Kier molecular flexibility index (Phi) is 7.18. The maximum Gasteiger partial charge on any atom is 0.308 e. The molecular formula is C23H28N4O5. The molecule has 1 atom stereocenters. The summed E-state index contributed by atoms with van der Waals surface area (Å²) in [5, 5.41) is 12.4. The van der Waals surface area contributed by atoms with Gasteiger partial charge in [0.1, 0.15) is 13.2 Å². The van der Waals surface area contributed by atoms with Gasteiger partial charge in [-0.15, -0.1) is 0 Å². The van der Waals surface area contributed by atoms with Crippen molar-refractivity contribution in [3.05, 3.63) is 48.3 Å². The number of carboxylic acid groups (broad SMARTS) is 1. The first-order valence-electron chi connectivity index (χ1n) is 10.8. The second-order valence-corrected chi connectivity index (χ2v) is 8.04. The number of hydrogen-bond donors (Lipinski definition) is 2. The first kappa shape index (κ1) is 22.0. The molecule has 1 aromatic carbocycles. The van der Waals surface area contributed by atoms with E-state index in [9.17, 15) is 14.7 Å². The lowest BCUT2D eigenvalue weighted by molar-refractivity contribution is -0.144. The van der Waals surface area contributed by atoms with Crippen molar-refractivity contribution >= 4 is 17.6 Å². The first-order chi connectivity index (χ1) is 15.6. The van der Waals surface area contributed by atoms with Crippen LogP contribution in [0.3, 0.4) is 0 Å². The monoisotopic (exact) mass is 440 g/mol. The minimum absolute atomic E-state index is 0.0854. The fourth-order valence-corrected chi connectivity index (χ4v) is 3.95. The number of pyridine rings is 1. The molecule has 1 aromatic heterocycles. The molecule has 1 unspecified atom stereocenters. The Balaban J connectivity index is 1.26. The van der Waals surface area contributed by atoms with Gasteiger partial charge in [0.2, 0.25) is 5.91 Å². The third-order valence-electron chi connectivity index (χ3n) is 5.66. The lowest BCUT2D eigenvalue weighted by Crippen LogP contribution is -2.48. The summed E-state index contributed by atoms with van der Waals surface area (Å²) in [4.78, 5) is 33.1. The van der Waals surface area contributed by atoms with E-state index in [1.807, 2.05) is 18.2 Å². The van der Waals surface area contributed by atoms with Gasteiger partial charge in [0.25, 0.3) is 0 Å². The molecule has 9 nitrogen and oxygen atoms in total. The molecule has 32 heavy (non-hydrogen) atoms. The number of ether oxygens (including phenoxy) is 2. The topological polar surface area (TPSA) is 104 Å². The molecular weight excluding hydrogens is 412 g/mol. The number of nitrogens with zero attached hydrogens (tertiary/aromatic N) is 3. The molecule has 3 heterocycles. The molecule has 0 bridgehead atoms. The number of piperazine rings is 1. The third-order valence-corrected chi connectivity index (χ3v) is 5.66. The van der Waals surface area contributed by atoms with Crippen molar-refractivity contribution in [2.24, 2.45) is 5.92 Å². The second-order valence-electron chi connectivity index (χ2n) is 8.04. The molecule has 1 fully saturated rings. The van der Waals surface area contributed by atoms with Crippen LogP contribution in [0.4, 0.5) is 5.69 Å². The Hall–Kier alpha value is -3.17. The molecule has 4 rings (SSSR count). The first-order valence-corrected chi connectivity index (χ1v) is 10.8. The van der Waals surface area contributed by atoms with E-state index in [-0.39, 0.29) is 12.3 Å².